The molecule has 4 rings (SSSR count). The molecule has 2 aromatic carbocycles. The van der Waals surface area contributed by atoms with Crippen molar-refractivity contribution < 1.29 is 13.6 Å². The fraction of sp³-hybridized carbons (Fsp3) is 0.286. The van der Waals surface area contributed by atoms with Crippen LogP contribution >= 0.6 is 0 Å². The fourth-order valence-electron chi connectivity index (χ4n) is 3.70. The number of likely N-dealkylation sites (tertiary alicyclic amines) is 1. The number of rotatable bonds is 3. The van der Waals surface area contributed by atoms with Crippen LogP contribution in [0.2, 0.25) is 0 Å². The van der Waals surface area contributed by atoms with Crippen LogP contribution in [0.15, 0.2) is 47.3 Å². The van der Waals surface area contributed by atoms with Gasteiger partial charge in [-0.25, -0.2) is 23.2 Å². The molecule has 2 heterocycles. The largest absolute Gasteiger partial charge is 0.347 e. The van der Waals surface area contributed by atoms with Gasteiger partial charge < -0.3 is 4.90 Å². The van der Waals surface area contributed by atoms with Gasteiger partial charge in [0.2, 0.25) is 0 Å². The molecule has 3 aromatic rings. The van der Waals surface area contributed by atoms with Crippen LogP contribution in [0.3, 0.4) is 0 Å². The third-order valence-corrected chi connectivity index (χ3v) is 5.30. The van der Waals surface area contributed by atoms with E-state index in [0.29, 0.717) is 31.8 Å². The first kappa shape index (κ1) is 19.0. The maximum atomic E-state index is 13.9. The summed E-state index contributed by atoms with van der Waals surface area (Å²) in [7, 11) is 0. The van der Waals surface area contributed by atoms with Crippen LogP contribution in [0.1, 0.15) is 40.5 Å². The predicted molar refractivity (Wildman–Crippen MR) is 103 cm³/mol. The maximum absolute atomic E-state index is 13.9. The van der Waals surface area contributed by atoms with Crippen LogP contribution in [0.25, 0.3) is 5.69 Å². The lowest BCUT2D eigenvalue weighted by atomic mass is 9.95. The molecule has 6 nitrogen and oxygen atoms in total. The van der Waals surface area contributed by atoms with Crippen molar-refractivity contribution in [2.75, 3.05) is 13.1 Å². The molecule has 0 saturated carbocycles. The maximum Gasteiger partial charge on any atom is 0.347 e. The average molecular weight is 398 g/mol. The summed E-state index contributed by atoms with van der Waals surface area (Å²) in [5.74, 6) is -1.33. The first-order valence-corrected chi connectivity index (χ1v) is 9.42. The molecule has 0 atom stereocenters. The summed E-state index contributed by atoms with van der Waals surface area (Å²) >= 11 is 0. The lowest BCUT2D eigenvalue weighted by molar-refractivity contribution is 0.0705. The van der Waals surface area contributed by atoms with E-state index in [1.54, 1.807) is 4.57 Å². The first-order valence-electron chi connectivity index (χ1n) is 9.42. The van der Waals surface area contributed by atoms with Crippen molar-refractivity contribution in [3.8, 4) is 5.69 Å². The lowest BCUT2D eigenvalue weighted by Gasteiger charge is -2.31. The molecule has 0 spiro atoms. The van der Waals surface area contributed by atoms with E-state index in [-0.39, 0.29) is 17.2 Å². The molecule has 1 saturated heterocycles. The van der Waals surface area contributed by atoms with Gasteiger partial charge >= 0.3 is 5.69 Å². The van der Waals surface area contributed by atoms with E-state index in [9.17, 15) is 18.4 Å². The standard InChI is InChI=1S/C21H20F2N4O2/c1-13-2-5-16(6-3-13)27-19(24-25-21(27)29)14-8-10-26(11-9-14)20(28)17-12-15(22)4-7-18(17)23/h2-7,12,14H,8-11H2,1H3,(H,25,29). The molecule has 1 aliphatic rings. The van der Waals surface area contributed by atoms with Crippen molar-refractivity contribution in [2.24, 2.45) is 0 Å². The van der Waals surface area contributed by atoms with E-state index >= 15 is 0 Å². The number of hydrogen-bond acceptors (Lipinski definition) is 3. The third kappa shape index (κ3) is 3.70. The second-order valence-corrected chi connectivity index (χ2v) is 7.25. The highest BCUT2D eigenvalue weighted by Crippen LogP contribution is 2.28. The number of aryl methyl sites for hydroxylation is 1. The zero-order valence-electron chi connectivity index (χ0n) is 15.9. The zero-order chi connectivity index (χ0) is 20.5. The summed E-state index contributed by atoms with van der Waals surface area (Å²) in [6.07, 6.45) is 1.14. The Hall–Kier alpha value is -3.29. The van der Waals surface area contributed by atoms with Crippen LogP contribution < -0.4 is 5.69 Å². The van der Waals surface area contributed by atoms with E-state index in [2.05, 4.69) is 10.2 Å². The monoisotopic (exact) mass is 398 g/mol. The Kier molecular flexibility index (Phi) is 5.00. The normalized spacial score (nSPS) is 14.9. The van der Waals surface area contributed by atoms with Crippen LogP contribution in [0.5, 0.6) is 0 Å². The summed E-state index contributed by atoms with van der Waals surface area (Å²) in [5.41, 5.74) is 1.23. The number of amides is 1. The second-order valence-electron chi connectivity index (χ2n) is 7.25. The van der Waals surface area contributed by atoms with Gasteiger partial charge in [0.25, 0.3) is 5.91 Å². The van der Waals surface area contributed by atoms with Crippen molar-refractivity contribution in [1.29, 1.82) is 0 Å². The molecule has 1 N–H and O–H groups in total. The number of H-pyrrole nitrogens is 1. The van der Waals surface area contributed by atoms with Crippen molar-refractivity contribution in [3.63, 3.8) is 0 Å². The van der Waals surface area contributed by atoms with E-state index in [1.807, 2.05) is 31.2 Å². The van der Waals surface area contributed by atoms with Crippen LogP contribution in [0, 0.1) is 18.6 Å². The number of aromatic nitrogens is 3. The topological polar surface area (TPSA) is 71.0 Å². The van der Waals surface area contributed by atoms with Gasteiger partial charge in [0, 0.05) is 19.0 Å². The molecule has 0 bridgehead atoms. The highest BCUT2D eigenvalue weighted by molar-refractivity contribution is 5.94. The number of aromatic amines is 1. The Morgan fingerprint density at radius 2 is 1.79 bits per heavy atom. The summed E-state index contributed by atoms with van der Waals surface area (Å²) in [6, 6.07) is 10.4. The summed E-state index contributed by atoms with van der Waals surface area (Å²) < 4.78 is 28.9. The Bertz CT molecular complexity index is 1100. The van der Waals surface area contributed by atoms with Crippen molar-refractivity contribution in [2.45, 2.75) is 25.7 Å². The molecule has 29 heavy (non-hydrogen) atoms. The van der Waals surface area contributed by atoms with E-state index < -0.39 is 17.5 Å². The summed E-state index contributed by atoms with van der Waals surface area (Å²) in [5, 5.41) is 6.71. The highest BCUT2D eigenvalue weighted by Gasteiger charge is 2.29. The van der Waals surface area contributed by atoms with Gasteiger partial charge in [0.05, 0.1) is 11.3 Å². The lowest BCUT2D eigenvalue weighted by Crippen LogP contribution is -2.39. The fourth-order valence-corrected chi connectivity index (χ4v) is 3.70. The molecular weight excluding hydrogens is 378 g/mol. The minimum Gasteiger partial charge on any atom is -0.339 e. The summed E-state index contributed by atoms with van der Waals surface area (Å²) in [4.78, 5) is 26.4. The number of hydrogen-bond donors (Lipinski definition) is 1. The number of carbonyl (C=O) groups is 1. The molecule has 1 aliphatic heterocycles. The molecule has 1 fully saturated rings. The highest BCUT2D eigenvalue weighted by atomic mass is 19.1. The SMILES string of the molecule is Cc1ccc(-n2c(C3CCN(C(=O)c4cc(F)ccc4F)CC3)n[nH]c2=O)cc1. The van der Waals surface area contributed by atoms with Gasteiger partial charge in [-0.2, -0.15) is 5.10 Å². The third-order valence-electron chi connectivity index (χ3n) is 5.30. The molecule has 0 unspecified atom stereocenters. The van der Waals surface area contributed by atoms with Crippen molar-refractivity contribution >= 4 is 5.91 Å². The molecular formula is C21H20F2N4O2. The minimum absolute atomic E-state index is 0.0309. The number of nitrogens with zero attached hydrogens (tertiary/aromatic N) is 3. The Morgan fingerprint density at radius 3 is 2.48 bits per heavy atom. The minimum atomic E-state index is -0.737. The number of halogens is 2. The van der Waals surface area contributed by atoms with Crippen molar-refractivity contribution in [1.82, 2.24) is 19.7 Å². The van der Waals surface area contributed by atoms with E-state index in [1.165, 1.54) is 4.90 Å². The molecule has 1 amide bonds. The van der Waals surface area contributed by atoms with E-state index in [0.717, 1.165) is 29.4 Å². The summed E-state index contributed by atoms with van der Waals surface area (Å²) in [6.45, 7) is 2.71. The average Bonchev–Trinajstić information content (AvgIpc) is 3.11. The van der Waals surface area contributed by atoms with E-state index in [4.69, 9.17) is 0 Å². The van der Waals surface area contributed by atoms with Crippen LogP contribution in [-0.2, 0) is 0 Å². The first-order chi connectivity index (χ1) is 13.9. The van der Waals surface area contributed by atoms with Gasteiger partial charge in [0.15, 0.2) is 0 Å². The van der Waals surface area contributed by atoms with Crippen LogP contribution in [0.4, 0.5) is 8.78 Å². The number of carbonyl (C=O) groups excluding carboxylic acids is 1. The van der Waals surface area contributed by atoms with Gasteiger partial charge in [-0.15, -0.1) is 0 Å². The quantitative estimate of drug-likeness (QED) is 0.737. The molecule has 150 valence electrons. The zero-order valence-corrected chi connectivity index (χ0v) is 15.9. The van der Waals surface area contributed by atoms with Gasteiger partial charge in [-0.3, -0.25) is 4.79 Å². The Morgan fingerprint density at radius 1 is 1.10 bits per heavy atom. The molecule has 0 radical (unpaired) electrons. The second kappa shape index (κ2) is 7.62. The molecule has 0 aliphatic carbocycles. The predicted octanol–water partition coefficient (Wildman–Crippen LogP) is 3.17. The van der Waals surface area contributed by atoms with Gasteiger partial charge in [-0.05, 0) is 50.1 Å². The number of piperidine rings is 1. The number of benzene rings is 2. The molecule has 1 aromatic heterocycles. The van der Waals surface area contributed by atoms with Crippen molar-refractivity contribution in [3.05, 3.63) is 81.5 Å². The smallest absolute Gasteiger partial charge is 0.339 e. The van der Waals surface area contributed by atoms with Gasteiger partial charge in [0.1, 0.15) is 17.5 Å². The number of nitrogens with one attached hydrogen (secondary N) is 1. The Balaban J connectivity index is 1.52. The Labute approximate surface area is 165 Å². The van der Waals surface area contributed by atoms with Crippen LogP contribution in [-0.4, -0.2) is 38.7 Å². The van der Waals surface area contributed by atoms with Gasteiger partial charge in [-0.1, -0.05) is 17.7 Å². The molecule has 8 heteroatoms.